The molecule has 4 rings (SSSR count). The highest BCUT2D eigenvalue weighted by atomic mass is 32.2. The van der Waals surface area contributed by atoms with Crippen molar-refractivity contribution in [1.29, 1.82) is 0 Å². The maximum Gasteiger partial charge on any atom is 0.286 e. The summed E-state index contributed by atoms with van der Waals surface area (Å²) in [5.41, 5.74) is 1.14. The van der Waals surface area contributed by atoms with Crippen molar-refractivity contribution in [3.63, 3.8) is 0 Å². The molecule has 2 aromatic carbocycles. The molecule has 1 saturated heterocycles. The monoisotopic (exact) mass is 488 g/mol. The van der Waals surface area contributed by atoms with Gasteiger partial charge in [0.25, 0.3) is 5.91 Å². The van der Waals surface area contributed by atoms with E-state index in [2.05, 4.69) is 29.4 Å². The first kappa shape index (κ1) is 23.5. The first-order valence-corrected chi connectivity index (χ1v) is 13.0. The molecule has 1 aliphatic heterocycles. The minimum absolute atomic E-state index is 0.0465. The Morgan fingerprint density at radius 1 is 1.18 bits per heavy atom. The summed E-state index contributed by atoms with van der Waals surface area (Å²) in [5, 5.41) is 11.0. The normalized spacial score (nSPS) is 16.9. The van der Waals surface area contributed by atoms with Crippen molar-refractivity contribution in [2.75, 3.05) is 11.9 Å². The molecule has 0 saturated carbocycles. The summed E-state index contributed by atoms with van der Waals surface area (Å²) in [6.07, 6.45) is 2.16. The summed E-state index contributed by atoms with van der Waals surface area (Å²) < 4.78 is 41.9. The molecule has 1 fully saturated rings. The Bertz CT molecular complexity index is 1240. The van der Waals surface area contributed by atoms with Gasteiger partial charge in [0.1, 0.15) is 10.8 Å². The van der Waals surface area contributed by atoms with E-state index in [1.807, 2.05) is 12.1 Å². The van der Waals surface area contributed by atoms with Gasteiger partial charge in [0.05, 0.1) is 16.6 Å². The van der Waals surface area contributed by atoms with Crippen LogP contribution in [-0.4, -0.2) is 35.4 Å². The first-order chi connectivity index (χ1) is 15.8. The van der Waals surface area contributed by atoms with Crippen molar-refractivity contribution in [2.45, 2.75) is 44.0 Å². The van der Waals surface area contributed by atoms with Crippen LogP contribution >= 0.6 is 11.3 Å². The molecule has 7 nitrogen and oxygen atoms in total. The number of para-hydroxylation sites is 1. The van der Waals surface area contributed by atoms with E-state index >= 15 is 0 Å². The molecule has 1 N–H and O–H groups in total. The fraction of sp³-hybridized carbons (Fsp3) is 0.348. The van der Waals surface area contributed by atoms with E-state index in [1.54, 1.807) is 18.2 Å². The second-order valence-corrected chi connectivity index (χ2v) is 11.3. The number of anilines is 1. The summed E-state index contributed by atoms with van der Waals surface area (Å²) in [6, 6.07) is 12.4. The zero-order valence-electron chi connectivity index (χ0n) is 18.4. The molecule has 0 radical (unpaired) electrons. The van der Waals surface area contributed by atoms with E-state index in [0.29, 0.717) is 30.3 Å². The maximum atomic E-state index is 13.8. The van der Waals surface area contributed by atoms with Crippen LogP contribution in [0.4, 0.5) is 10.1 Å². The van der Waals surface area contributed by atoms with Crippen LogP contribution in [-0.2, 0) is 16.4 Å². The lowest BCUT2D eigenvalue weighted by atomic mass is 10.0. The molecule has 1 amide bonds. The van der Waals surface area contributed by atoms with Crippen LogP contribution in [0.1, 0.15) is 53.1 Å². The molecule has 2 heterocycles. The van der Waals surface area contributed by atoms with Gasteiger partial charge in [0.2, 0.25) is 15.0 Å². The minimum atomic E-state index is -3.72. The largest absolute Gasteiger partial charge is 0.317 e. The van der Waals surface area contributed by atoms with E-state index < -0.39 is 27.8 Å². The van der Waals surface area contributed by atoms with Gasteiger partial charge >= 0.3 is 0 Å². The molecule has 174 valence electrons. The van der Waals surface area contributed by atoms with E-state index in [9.17, 15) is 17.6 Å². The number of amides is 1. The number of carbonyl (C=O) groups is 1. The second-order valence-electron chi connectivity index (χ2n) is 8.40. The zero-order chi connectivity index (χ0) is 23.6. The predicted octanol–water partition coefficient (Wildman–Crippen LogP) is 4.65. The molecule has 1 atom stereocenters. The van der Waals surface area contributed by atoms with Crippen LogP contribution in [0.15, 0.2) is 53.4 Å². The topological polar surface area (TPSA) is 92.3 Å². The Hall–Kier alpha value is -2.69. The van der Waals surface area contributed by atoms with Crippen LogP contribution in [0.5, 0.6) is 0 Å². The highest BCUT2D eigenvalue weighted by Crippen LogP contribution is 2.38. The third-order valence-corrected chi connectivity index (χ3v) is 8.37. The van der Waals surface area contributed by atoms with Crippen molar-refractivity contribution in [3.8, 4) is 0 Å². The van der Waals surface area contributed by atoms with Gasteiger partial charge in [0, 0.05) is 6.54 Å². The minimum Gasteiger partial charge on any atom is -0.317 e. The van der Waals surface area contributed by atoms with Gasteiger partial charge in [-0.2, -0.15) is 4.31 Å². The number of carbonyl (C=O) groups excluding carboxylic acids is 1. The van der Waals surface area contributed by atoms with Crippen molar-refractivity contribution < 1.29 is 17.6 Å². The van der Waals surface area contributed by atoms with E-state index in [1.165, 1.54) is 22.5 Å². The van der Waals surface area contributed by atoms with E-state index in [0.717, 1.165) is 23.3 Å². The van der Waals surface area contributed by atoms with Crippen LogP contribution in [0.25, 0.3) is 0 Å². The summed E-state index contributed by atoms with van der Waals surface area (Å²) >= 11 is 1.02. The number of sulfonamides is 1. The number of nitrogens with zero attached hydrogens (tertiary/aromatic N) is 3. The molecule has 1 aliphatic rings. The van der Waals surface area contributed by atoms with Gasteiger partial charge < -0.3 is 5.32 Å². The van der Waals surface area contributed by atoms with Crippen molar-refractivity contribution in [2.24, 2.45) is 5.92 Å². The number of aromatic nitrogens is 2. The number of rotatable bonds is 7. The van der Waals surface area contributed by atoms with Crippen LogP contribution in [0, 0.1) is 11.7 Å². The first-order valence-electron chi connectivity index (χ1n) is 10.8. The van der Waals surface area contributed by atoms with Crippen LogP contribution in [0.3, 0.4) is 0 Å². The number of benzene rings is 2. The molecule has 1 aromatic heterocycles. The number of hydrogen-bond acceptors (Lipinski definition) is 6. The molecule has 0 aliphatic carbocycles. The second kappa shape index (κ2) is 9.66. The smallest absolute Gasteiger partial charge is 0.286 e. The zero-order valence-corrected chi connectivity index (χ0v) is 20.0. The van der Waals surface area contributed by atoms with Gasteiger partial charge in [-0.25, -0.2) is 12.8 Å². The number of halogens is 1. The molecule has 1 unspecified atom stereocenters. The Labute approximate surface area is 196 Å². The number of nitrogens with one attached hydrogen (secondary N) is 1. The van der Waals surface area contributed by atoms with E-state index in [4.69, 9.17) is 0 Å². The fourth-order valence-electron chi connectivity index (χ4n) is 3.88. The highest BCUT2D eigenvalue weighted by Gasteiger charge is 2.38. The Balaban J connectivity index is 1.52. The van der Waals surface area contributed by atoms with Crippen molar-refractivity contribution in [3.05, 3.63) is 69.9 Å². The molecule has 10 heteroatoms. The van der Waals surface area contributed by atoms with Crippen LogP contribution in [0.2, 0.25) is 0 Å². The van der Waals surface area contributed by atoms with Crippen molar-refractivity contribution in [1.82, 2.24) is 14.5 Å². The van der Waals surface area contributed by atoms with E-state index in [-0.39, 0.29) is 15.6 Å². The SMILES string of the molecule is CC(C)Cc1ccc(S(=O)(=O)N2CCCC2c2nnc(C(=O)Nc3ccccc3F)s2)cc1. The third-order valence-electron chi connectivity index (χ3n) is 5.42. The molecule has 0 bridgehead atoms. The Morgan fingerprint density at radius 2 is 1.91 bits per heavy atom. The number of hydrogen-bond donors (Lipinski definition) is 1. The summed E-state index contributed by atoms with van der Waals surface area (Å²) in [5.74, 6) is -0.655. The predicted molar refractivity (Wildman–Crippen MR) is 125 cm³/mol. The highest BCUT2D eigenvalue weighted by molar-refractivity contribution is 7.89. The van der Waals surface area contributed by atoms with Crippen molar-refractivity contribution >= 4 is 33.0 Å². The molecular formula is C23H25FN4O3S2. The molecule has 3 aromatic rings. The third kappa shape index (κ3) is 5.13. The maximum absolute atomic E-state index is 13.8. The van der Waals surface area contributed by atoms with Gasteiger partial charge in [-0.1, -0.05) is 49.4 Å². The summed E-state index contributed by atoms with van der Waals surface area (Å²) in [4.78, 5) is 12.7. The molecule has 33 heavy (non-hydrogen) atoms. The lowest BCUT2D eigenvalue weighted by Gasteiger charge is -2.22. The lowest BCUT2D eigenvalue weighted by Crippen LogP contribution is -2.30. The fourth-order valence-corrected chi connectivity index (χ4v) is 6.49. The lowest BCUT2D eigenvalue weighted by molar-refractivity contribution is 0.102. The Morgan fingerprint density at radius 3 is 2.61 bits per heavy atom. The summed E-state index contributed by atoms with van der Waals surface area (Å²) in [7, 11) is -3.72. The average Bonchev–Trinajstić information content (AvgIpc) is 3.45. The van der Waals surface area contributed by atoms with Gasteiger partial charge in [0.15, 0.2) is 0 Å². The summed E-state index contributed by atoms with van der Waals surface area (Å²) in [6.45, 7) is 4.61. The standard InChI is InChI=1S/C23H25FN4O3S2/c1-15(2)14-16-9-11-17(12-10-16)33(30,31)28-13-5-8-20(28)22-26-27-23(32-22)21(29)25-19-7-4-3-6-18(19)24/h3-4,6-7,9-12,15,20H,5,8,13-14H2,1-2H3,(H,25,29). The van der Waals surface area contributed by atoms with Crippen LogP contribution < -0.4 is 5.32 Å². The molecular weight excluding hydrogens is 463 g/mol. The Kier molecular flexibility index (Phi) is 6.87. The van der Waals surface area contributed by atoms with Gasteiger partial charge in [-0.15, -0.1) is 10.2 Å². The molecule has 0 spiro atoms. The quantitative estimate of drug-likeness (QED) is 0.522. The average molecular weight is 489 g/mol. The van der Waals surface area contributed by atoms with Gasteiger partial charge in [-0.05, 0) is 55.0 Å². The van der Waals surface area contributed by atoms with Gasteiger partial charge in [-0.3, -0.25) is 4.79 Å².